The van der Waals surface area contributed by atoms with Gasteiger partial charge in [-0.2, -0.15) is 5.10 Å². The Kier molecular flexibility index (Phi) is 2.17. The number of fused-ring (bicyclic) bond motifs is 1. The second-order valence-corrected chi connectivity index (χ2v) is 3.42. The molecule has 0 spiro atoms. The number of rotatable bonds is 2. The van der Waals surface area contributed by atoms with Crippen LogP contribution < -0.4 is 5.73 Å². The number of amides is 1. The highest BCUT2D eigenvalue weighted by Gasteiger charge is 2.12. The first kappa shape index (κ1) is 9.67. The third-order valence-corrected chi connectivity index (χ3v) is 2.30. The van der Waals surface area contributed by atoms with Crippen molar-refractivity contribution in [1.82, 2.24) is 10.2 Å². The Bertz CT molecular complexity index is 516. The number of nitrogens with two attached hydrogens (primary N) is 1. The van der Waals surface area contributed by atoms with Crippen molar-refractivity contribution in [2.75, 3.05) is 0 Å². The van der Waals surface area contributed by atoms with Crippen LogP contribution in [-0.4, -0.2) is 21.2 Å². The molecule has 5 nitrogen and oxygen atoms in total. The van der Waals surface area contributed by atoms with Crippen LogP contribution in [0.1, 0.15) is 29.1 Å². The van der Waals surface area contributed by atoms with Crippen molar-refractivity contribution in [3.63, 3.8) is 0 Å². The first-order chi connectivity index (χ1) is 7.09. The minimum absolute atomic E-state index is 0.201. The Morgan fingerprint density at radius 1 is 1.60 bits per heavy atom. The summed E-state index contributed by atoms with van der Waals surface area (Å²) in [4.78, 5) is 11.0. The third kappa shape index (κ3) is 1.57. The fourth-order valence-electron chi connectivity index (χ4n) is 1.48. The Morgan fingerprint density at radius 2 is 2.33 bits per heavy atom. The molecule has 0 aliphatic rings. The number of aromatic nitrogens is 2. The number of aliphatic hydroxyl groups excluding tert-OH is 1. The Hall–Kier alpha value is -1.88. The van der Waals surface area contributed by atoms with Crippen molar-refractivity contribution in [3.05, 3.63) is 29.5 Å². The van der Waals surface area contributed by atoms with Crippen LogP contribution in [0.3, 0.4) is 0 Å². The van der Waals surface area contributed by atoms with E-state index < -0.39 is 12.0 Å². The summed E-state index contributed by atoms with van der Waals surface area (Å²) in [6.45, 7) is 1.66. The number of nitrogens with one attached hydrogen (secondary N) is 1. The van der Waals surface area contributed by atoms with E-state index in [2.05, 4.69) is 10.2 Å². The van der Waals surface area contributed by atoms with Gasteiger partial charge in [0.1, 0.15) is 0 Å². The predicted molar refractivity (Wildman–Crippen MR) is 55.2 cm³/mol. The molecule has 2 rings (SSSR count). The lowest BCUT2D eigenvalue weighted by molar-refractivity contribution is 0.0997. The van der Waals surface area contributed by atoms with E-state index in [1.807, 2.05) is 0 Å². The number of hydrogen-bond acceptors (Lipinski definition) is 3. The molecule has 1 amide bonds. The molecule has 78 valence electrons. The Morgan fingerprint density at radius 3 is 2.93 bits per heavy atom. The van der Waals surface area contributed by atoms with E-state index in [9.17, 15) is 9.90 Å². The van der Waals surface area contributed by atoms with Crippen molar-refractivity contribution in [2.45, 2.75) is 13.0 Å². The topological polar surface area (TPSA) is 92.0 Å². The van der Waals surface area contributed by atoms with Crippen molar-refractivity contribution in [2.24, 2.45) is 5.73 Å². The number of H-pyrrole nitrogens is 1. The van der Waals surface area contributed by atoms with Crippen LogP contribution in [0.15, 0.2) is 18.2 Å². The summed E-state index contributed by atoms with van der Waals surface area (Å²) in [7, 11) is 0. The van der Waals surface area contributed by atoms with E-state index in [4.69, 9.17) is 5.73 Å². The number of hydrogen-bond donors (Lipinski definition) is 3. The van der Waals surface area contributed by atoms with Crippen LogP contribution in [0.2, 0.25) is 0 Å². The molecular formula is C10H11N3O2. The van der Waals surface area contributed by atoms with E-state index in [1.165, 1.54) is 0 Å². The number of benzene rings is 1. The molecule has 0 aliphatic heterocycles. The maximum atomic E-state index is 11.0. The van der Waals surface area contributed by atoms with Crippen molar-refractivity contribution in [1.29, 1.82) is 0 Å². The van der Waals surface area contributed by atoms with Gasteiger partial charge in [0, 0.05) is 5.39 Å². The van der Waals surface area contributed by atoms with E-state index >= 15 is 0 Å². The van der Waals surface area contributed by atoms with Gasteiger partial charge in [-0.25, -0.2) is 0 Å². The molecule has 1 atom stereocenters. The van der Waals surface area contributed by atoms with Gasteiger partial charge < -0.3 is 10.8 Å². The highest BCUT2D eigenvalue weighted by Crippen LogP contribution is 2.21. The molecule has 5 heteroatoms. The average molecular weight is 205 g/mol. The number of nitrogens with zero attached hydrogens (tertiary/aromatic N) is 1. The lowest BCUT2D eigenvalue weighted by Crippen LogP contribution is -2.11. The molecule has 2 aromatic rings. The van der Waals surface area contributed by atoms with Gasteiger partial charge in [0.2, 0.25) is 0 Å². The summed E-state index contributed by atoms with van der Waals surface area (Å²) in [5.74, 6) is -0.580. The zero-order valence-electron chi connectivity index (χ0n) is 8.19. The second kappa shape index (κ2) is 3.36. The largest absolute Gasteiger partial charge is 0.389 e. The molecule has 1 aromatic heterocycles. The van der Waals surface area contributed by atoms with Gasteiger partial charge >= 0.3 is 0 Å². The Labute approximate surface area is 85.9 Å². The molecule has 1 heterocycles. The van der Waals surface area contributed by atoms with Crippen molar-refractivity contribution >= 4 is 16.8 Å². The number of carbonyl (C=O) groups is 1. The smallest absolute Gasteiger partial charge is 0.269 e. The molecule has 1 aromatic carbocycles. The molecular weight excluding hydrogens is 194 g/mol. The van der Waals surface area contributed by atoms with Gasteiger partial charge in [0.05, 0.1) is 11.6 Å². The lowest BCUT2D eigenvalue weighted by atomic mass is 10.1. The van der Waals surface area contributed by atoms with Gasteiger partial charge in [-0.3, -0.25) is 9.89 Å². The summed E-state index contributed by atoms with van der Waals surface area (Å²) in [5.41, 5.74) is 6.83. The minimum Gasteiger partial charge on any atom is -0.389 e. The fourth-order valence-corrected chi connectivity index (χ4v) is 1.48. The number of aromatic amines is 1. The summed E-state index contributed by atoms with van der Waals surface area (Å²) in [5, 5.41) is 16.6. The standard InChI is InChI=1S/C10H11N3O2/c1-5(14)6-2-3-8-7(4-6)9(10(11)15)13-12-8/h2-5,14H,1H3,(H2,11,15)(H,12,13)/t5-/m1/s1. The Balaban J connectivity index is 2.66. The second-order valence-electron chi connectivity index (χ2n) is 3.42. The van der Waals surface area contributed by atoms with E-state index in [0.717, 1.165) is 11.1 Å². The summed E-state index contributed by atoms with van der Waals surface area (Å²) in [6.07, 6.45) is -0.579. The number of carbonyl (C=O) groups excluding carboxylic acids is 1. The van der Waals surface area contributed by atoms with E-state index in [0.29, 0.717) is 5.39 Å². The minimum atomic E-state index is -0.580. The highest BCUT2D eigenvalue weighted by molar-refractivity contribution is 6.03. The lowest BCUT2D eigenvalue weighted by Gasteiger charge is -2.03. The van der Waals surface area contributed by atoms with E-state index in [-0.39, 0.29) is 5.69 Å². The SMILES string of the molecule is C[C@@H](O)c1ccc2[nH]nc(C(N)=O)c2c1. The van der Waals surface area contributed by atoms with Crippen molar-refractivity contribution in [3.8, 4) is 0 Å². The predicted octanol–water partition coefficient (Wildman–Crippen LogP) is 0.715. The molecule has 15 heavy (non-hydrogen) atoms. The first-order valence-electron chi connectivity index (χ1n) is 4.55. The quantitative estimate of drug-likeness (QED) is 0.674. The van der Waals surface area contributed by atoms with Crippen LogP contribution in [0.4, 0.5) is 0 Å². The van der Waals surface area contributed by atoms with Crippen molar-refractivity contribution < 1.29 is 9.90 Å². The molecule has 0 radical (unpaired) electrons. The van der Waals surface area contributed by atoms with Gasteiger partial charge in [-0.05, 0) is 24.6 Å². The summed E-state index contributed by atoms with van der Waals surface area (Å²) < 4.78 is 0. The van der Waals surface area contributed by atoms with Crippen LogP contribution in [0.25, 0.3) is 10.9 Å². The molecule has 0 fully saturated rings. The summed E-state index contributed by atoms with van der Waals surface area (Å²) >= 11 is 0. The molecule has 0 unspecified atom stereocenters. The molecule has 0 aliphatic carbocycles. The number of aliphatic hydroxyl groups is 1. The highest BCUT2D eigenvalue weighted by atomic mass is 16.3. The number of primary amides is 1. The van der Waals surface area contributed by atoms with Gasteiger partial charge in [0.15, 0.2) is 5.69 Å². The maximum Gasteiger partial charge on any atom is 0.269 e. The maximum absolute atomic E-state index is 11.0. The van der Waals surface area contributed by atoms with Crippen LogP contribution in [0.5, 0.6) is 0 Å². The normalized spacial score (nSPS) is 12.9. The molecule has 0 saturated heterocycles. The molecule has 0 saturated carbocycles. The van der Waals surface area contributed by atoms with E-state index in [1.54, 1.807) is 25.1 Å². The van der Waals surface area contributed by atoms with Gasteiger partial charge in [-0.15, -0.1) is 0 Å². The van der Waals surface area contributed by atoms with Crippen LogP contribution in [0, 0.1) is 0 Å². The third-order valence-electron chi connectivity index (χ3n) is 2.30. The van der Waals surface area contributed by atoms with Gasteiger partial charge in [0.25, 0.3) is 5.91 Å². The molecule has 0 bridgehead atoms. The van der Waals surface area contributed by atoms with Crippen LogP contribution in [-0.2, 0) is 0 Å². The average Bonchev–Trinajstić information content (AvgIpc) is 2.59. The van der Waals surface area contributed by atoms with Crippen LogP contribution >= 0.6 is 0 Å². The van der Waals surface area contributed by atoms with Gasteiger partial charge in [-0.1, -0.05) is 6.07 Å². The zero-order valence-corrected chi connectivity index (χ0v) is 8.19. The first-order valence-corrected chi connectivity index (χ1v) is 4.55. The monoisotopic (exact) mass is 205 g/mol. The zero-order chi connectivity index (χ0) is 11.0. The fraction of sp³-hybridized carbons (Fsp3) is 0.200. The molecule has 4 N–H and O–H groups in total. The summed E-state index contributed by atoms with van der Waals surface area (Å²) in [6, 6.07) is 5.25.